The Morgan fingerprint density at radius 1 is 1.10 bits per heavy atom. The number of aryl methyl sites for hydroxylation is 1. The van der Waals surface area contributed by atoms with Crippen LogP contribution in [0.2, 0.25) is 0 Å². The van der Waals surface area contributed by atoms with Crippen LogP contribution in [0.1, 0.15) is 25.0 Å². The van der Waals surface area contributed by atoms with E-state index in [1.54, 1.807) is 0 Å². The normalized spacial score (nSPS) is 10.8. The molecule has 2 nitrogen and oxygen atoms in total. The Morgan fingerprint density at radius 2 is 1.85 bits per heavy atom. The van der Waals surface area contributed by atoms with Gasteiger partial charge < -0.3 is 10.1 Å². The number of halogens is 1. The zero-order valence-corrected chi connectivity index (χ0v) is 13.7. The van der Waals surface area contributed by atoms with Gasteiger partial charge in [0, 0.05) is 17.1 Å². The standard InChI is InChI=1S/C17H20BrNO/c1-12(2)19-11-14-7-8-16(10-17(14)18)20-15-6-4-5-13(3)9-15/h4-10,12,19H,11H2,1-3H3. The van der Waals surface area contributed by atoms with E-state index in [1.165, 1.54) is 11.1 Å². The van der Waals surface area contributed by atoms with Gasteiger partial charge in [-0.05, 0) is 42.3 Å². The minimum Gasteiger partial charge on any atom is -0.457 e. The number of rotatable bonds is 5. The number of ether oxygens (including phenoxy) is 1. The summed E-state index contributed by atoms with van der Waals surface area (Å²) in [5, 5.41) is 3.41. The minimum absolute atomic E-state index is 0.477. The van der Waals surface area contributed by atoms with Crippen molar-refractivity contribution in [3.05, 3.63) is 58.1 Å². The summed E-state index contributed by atoms with van der Waals surface area (Å²) in [5.41, 5.74) is 2.43. The molecule has 0 heterocycles. The summed E-state index contributed by atoms with van der Waals surface area (Å²) >= 11 is 3.61. The molecule has 0 aliphatic rings. The minimum atomic E-state index is 0.477. The molecule has 0 spiro atoms. The molecule has 0 aliphatic carbocycles. The van der Waals surface area contributed by atoms with Crippen LogP contribution in [0, 0.1) is 6.92 Å². The van der Waals surface area contributed by atoms with E-state index in [0.717, 1.165) is 22.5 Å². The molecule has 0 atom stereocenters. The highest BCUT2D eigenvalue weighted by Gasteiger charge is 2.04. The van der Waals surface area contributed by atoms with Crippen molar-refractivity contribution in [2.24, 2.45) is 0 Å². The van der Waals surface area contributed by atoms with Gasteiger partial charge in [-0.15, -0.1) is 0 Å². The molecule has 0 fully saturated rings. The van der Waals surface area contributed by atoms with Crippen LogP contribution in [0.15, 0.2) is 46.9 Å². The molecule has 3 heteroatoms. The van der Waals surface area contributed by atoms with Crippen LogP contribution in [0.25, 0.3) is 0 Å². The van der Waals surface area contributed by atoms with Crippen molar-refractivity contribution in [1.82, 2.24) is 5.32 Å². The van der Waals surface area contributed by atoms with Gasteiger partial charge in [0.15, 0.2) is 0 Å². The topological polar surface area (TPSA) is 21.3 Å². The second-order valence-corrected chi connectivity index (χ2v) is 6.06. The van der Waals surface area contributed by atoms with Crippen LogP contribution in [-0.2, 0) is 6.54 Å². The van der Waals surface area contributed by atoms with E-state index >= 15 is 0 Å². The fourth-order valence-corrected chi connectivity index (χ4v) is 2.36. The third-order valence-electron chi connectivity index (χ3n) is 2.95. The van der Waals surface area contributed by atoms with E-state index in [1.807, 2.05) is 30.3 Å². The second-order valence-electron chi connectivity index (χ2n) is 5.21. The van der Waals surface area contributed by atoms with Crippen molar-refractivity contribution in [3.63, 3.8) is 0 Å². The highest BCUT2D eigenvalue weighted by atomic mass is 79.9. The van der Waals surface area contributed by atoms with Gasteiger partial charge in [0.25, 0.3) is 0 Å². The summed E-state index contributed by atoms with van der Waals surface area (Å²) in [7, 11) is 0. The number of hydrogen-bond donors (Lipinski definition) is 1. The summed E-state index contributed by atoms with van der Waals surface area (Å²) in [6.45, 7) is 7.19. The van der Waals surface area contributed by atoms with Crippen molar-refractivity contribution in [3.8, 4) is 11.5 Å². The molecular weight excluding hydrogens is 314 g/mol. The van der Waals surface area contributed by atoms with Crippen molar-refractivity contribution in [2.45, 2.75) is 33.4 Å². The molecule has 0 aliphatic heterocycles. The Labute approximate surface area is 129 Å². The van der Waals surface area contributed by atoms with Gasteiger partial charge in [-0.1, -0.05) is 48.0 Å². The van der Waals surface area contributed by atoms with Crippen LogP contribution >= 0.6 is 15.9 Å². The average Bonchev–Trinajstić information content (AvgIpc) is 2.37. The second kappa shape index (κ2) is 6.91. The molecule has 0 unspecified atom stereocenters. The van der Waals surface area contributed by atoms with Crippen LogP contribution < -0.4 is 10.1 Å². The molecule has 2 aromatic rings. The predicted molar refractivity (Wildman–Crippen MR) is 87.4 cm³/mol. The van der Waals surface area contributed by atoms with E-state index in [-0.39, 0.29) is 0 Å². The van der Waals surface area contributed by atoms with Gasteiger partial charge >= 0.3 is 0 Å². The maximum Gasteiger partial charge on any atom is 0.128 e. The van der Waals surface area contributed by atoms with Crippen molar-refractivity contribution < 1.29 is 4.74 Å². The lowest BCUT2D eigenvalue weighted by atomic mass is 10.2. The van der Waals surface area contributed by atoms with Gasteiger partial charge in [0.05, 0.1) is 0 Å². The zero-order valence-electron chi connectivity index (χ0n) is 12.1. The quantitative estimate of drug-likeness (QED) is 0.826. The molecule has 0 amide bonds. The summed E-state index contributed by atoms with van der Waals surface area (Å²) in [6.07, 6.45) is 0. The first-order valence-corrected chi connectivity index (χ1v) is 7.60. The van der Waals surface area contributed by atoms with Crippen molar-refractivity contribution in [1.29, 1.82) is 0 Å². The molecule has 2 rings (SSSR count). The maximum atomic E-state index is 5.87. The van der Waals surface area contributed by atoms with E-state index in [0.29, 0.717) is 6.04 Å². The highest BCUT2D eigenvalue weighted by molar-refractivity contribution is 9.10. The van der Waals surface area contributed by atoms with Gasteiger partial charge in [-0.25, -0.2) is 0 Å². The number of hydrogen-bond acceptors (Lipinski definition) is 2. The molecular formula is C17H20BrNO. The average molecular weight is 334 g/mol. The Bertz CT molecular complexity index is 581. The van der Waals surface area contributed by atoms with E-state index in [4.69, 9.17) is 4.74 Å². The van der Waals surface area contributed by atoms with Crippen LogP contribution in [0.4, 0.5) is 0 Å². The van der Waals surface area contributed by atoms with Gasteiger partial charge in [-0.3, -0.25) is 0 Å². The molecule has 1 N–H and O–H groups in total. The first-order valence-electron chi connectivity index (χ1n) is 6.81. The van der Waals surface area contributed by atoms with Crippen LogP contribution in [0.3, 0.4) is 0 Å². The maximum absolute atomic E-state index is 5.87. The Kier molecular flexibility index (Phi) is 5.21. The molecule has 0 saturated heterocycles. The Balaban J connectivity index is 2.09. The lowest BCUT2D eigenvalue weighted by Gasteiger charge is -2.12. The van der Waals surface area contributed by atoms with Gasteiger partial charge in [0.2, 0.25) is 0 Å². The molecule has 0 bridgehead atoms. The van der Waals surface area contributed by atoms with Crippen LogP contribution in [-0.4, -0.2) is 6.04 Å². The molecule has 20 heavy (non-hydrogen) atoms. The zero-order chi connectivity index (χ0) is 14.5. The number of nitrogens with one attached hydrogen (secondary N) is 1. The molecule has 0 radical (unpaired) electrons. The molecule has 106 valence electrons. The van der Waals surface area contributed by atoms with Crippen LogP contribution in [0.5, 0.6) is 11.5 Å². The van der Waals surface area contributed by atoms with E-state index in [2.05, 4.69) is 54.2 Å². The smallest absolute Gasteiger partial charge is 0.128 e. The summed E-state index contributed by atoms with van der Waals surface area (Å²) in [6, 6.07) is 14.6. The lowest BCUT2D eigenvalue weighted by molar-refractivity contribution is 0.481. The Hall–Kier alpha value is -1.32. The largest absolute Gasteiger partial charge is 0.457 e. The fraction of sp³-hybridized carbons (Fsp3) is 0.294. The summed E-state index contributed by atoms with van der Waals surface area (Å²) in [5.74, 6) is 1.71. The molecule has 0 aromatic heterocycles. The van der Waals surface area contributed by atoms with E-state index in [9.17, 15) is 0 Å². The third kappa shape index (κ3) is 4.36. The summed E-state index contributed by atoms with van der Waals surface area (Å²) in [4.78, 5) is 0. The summed E-state index contributed by atoms with van der Waals surface area (Å²) < 4.78 is 6.94. The first-order chi connectivity index (χ1) is 9.54. The fourth-order valence-electron chi connectivity index (χ4n) is 1.86. The number of benzene rings is 2. The Morgan fingerprint density at radius 3 is 2.50 bits per heavy atom. The third-order valence-corrected chi connectivity index (χ3v) is 3.69. The first kappa shape index (κ1) is 15.1. The SMILES string of the molecule is Cc1cccc(Oc2ccc(CNC(C)C)c(Br)c2)c1. The van der Waals surface area contributed by atoms with Gasteiger partial charge in [0.1, 0.15) is 11.5 Å². The van der Waals surface area contributed by atoms with E-state index < -0.39 is 0 Å². The molecule has 0 saturated carbocycles. The molecule has 2 aromatic carbocycles. The lowest BCUT2D eigenvalue weighted by Crippen LogP contribution is -2.21. The monoisotopic (exact) mass is 333 g/mol. The van der Waals surface area contributed by atoms with Crippen molar-refractivity contribution in [2.75, 3.05) is 0 Å². The van der Waals surface area contributed by atoms with Crippen molar-refractivity contribution >= 4 is 15.9 Å². The predicted octanol–water partition coefficient (Wildman–Crippen LogP) is 5.05. The highest BCUT2D eigenvalue weighted by Crippen LogP contribution is 2.27. The van der Waals surface area contributed by atoms with Gasteiger partial charge in [-0.2, -0.15) is 0 Å².